The summed E-state index contributed by atoms with van der Waals surface area (Å²) in [6, 6.07) is 16.2. The van der Waals surface area contributed by atoms with Gasteiger partial charge in [0.15, 0.2) is 5.69 Å². The summed E-state index contributed by atoms with van der Waals surface area (Å²) in [5, 5.41) is 6.76. The van der Waals surface area contributed by atoms with E-state index < -0.39 is 21.4 Å². The van der Waals surface area contributed by atoms with Crippen molar-refractivity contribution in [2.75, 3.05) is 18.4 Å². The molecule has 1 N–H and O–H groups in total. The molecule has 33 heavy (non-hydrogen) atoms. The summed E-state index contributed by atoms with van der Waals surface area (Å²) in [4.78, 5) is 25.0. The molecule has 2 heterocycles. The number of carbonyl (C=O) groups excluding carboxylic acids is 1. The number of ether oxygens (including phenoxy) is 1. The van der Waals surface area contributed by atoms with E-state index in [1.807, 2.05) is 32.0 Å². The van der Waals surface area contributed by atoms with Gasteiger partial charge in [-0.25, -0.2) is 13.1 Å². The Labute approximate surface area is 191 Å². The predicted molar refractivity (Wildman–Crippen MR) is 123 cm³/mol. The number of nitrogens with zero attached hydrogens (tertiary/aromatic N) is 3. The van der Waals surface area contributed by atoms with Crippen molar-refractivity contribution < 1.29 is 17.9 Å². The molecule has 1 saturated heterocycles. The molecule has 0 radical (unpaired) electrons. The number of nitrogens with one attached hydrogen (secondary N) is 1. The molecule has 172 valence electrons. The van der Waals surface area contributed by atoms with E-state index in [9.17, 15) is 18.0 Å². The first-order chi connectivity index (χ1) is 15.7. The summed E-state index contributed by atoms with van der Waals surface area (Å²) in [6.07, 6.45) is 1.10. The van der Waals surface area contributed by atoms with Crippen LogP contribution in [0.3, 0.4) is 0 Å². The van der Waals surface area contributed by atoms with Crippen molar-refractivity contribution in [2.24, 2.45) is 0 Å². The standard InChI is InChI=1S/C23H24N4O5S/c1-16-14-26(15-17(2)32-16)33(30,31)20-10-8-18(9-11-20)24-23(29)22-21(28)12-13-27(25-22)19-6-4-3-5-7-19/h3-13,16-17H,14-15H2,1-2H3,(H,24,29)/t16-,17-/m1/s1. The van der Waals surface area contributed by atoms with Crippen LogP contribution >= 0.6 is 0 Å². The third-order valence-corrected chi connectivity index (χ3v) is 7.03. The fourth-order valence-electron chi connectivity index (χ4n) is 3.67. The minimum Gasteiger partial charge on any atom is -0.373 e. The van der Waals surface area contributed by atoms with Crippen LogP contribution in [0.15, 0.2) is 76.6 Å². The maximum absolute atomic E-state index is 13.0. The van der Waals surface area contributed by atoms with Gasteiger partial charge in [0.05, 0.1) is 22.8 Å². The van der Waals surface area contributed by atoms with Gasteiger partial charge in [-0.15, -0.1) is 0 Å². The van der Waals surface area contributed by atoms with Gasteiger partial charge in [-0.2, -0.15) is 9.40 Å². The lowest BCUT2D eigenvalue weighted by atomic mass is 10.3. The van der Waals surface area contributed by atoms with Crippen LogP contribution in [0.25, 0.3) is 5.69 Å². The lowest BCUT2D eigenvalue weighted by molar-refractivity contribution is -0.0440. The minimum atomic E-state index is -3.69. The molecule has 3 aromatic rings. The Kier molecular flexibility index (Phi) is 6.41. The van der Waals surface area contributed by atoms with E-state index in [0.717, 1.165) is 0 Å². The number of hydrogen-bond acceptors (Lipinski definition) is 6. The van der Waals surface area contributed by atoms with Crippen LogP contribution in [-0.4, -0.2) is 53.7 Å². The van der Waals surface area contributed by atoms with Crippen molar-refractivity contribution in [2.45, 2.75) is 31.0 Å². The second-order valence-corrected chi connectivity index (χ2v) is 9.80. The monoisotopic (exact) mass is 468 g/mol. The second kappa shape index (κ2) is 9.26. The van der Waals surface area contributed by atoms with Crippen LogP contribution in [0.5, 0.6) is 0 Å². The maximum atomic E-state index is 13.0. The van der Waals surface area contributed by atoms with E-state index in [-0.39, 0.29) is 35.9 Å². The Balaban J connectivity index is 1.52. The molecule has 2 aromatic carbocycles. The lowest BCUT2D eigenvalue weighted by Gasteiger charge is -2.34. The van der Waals surface area contributed by atoms with Gasteiger partial charge in [-0.3, -0.25) is 9.59 Å². The zero-order chi connectivity index (χ0) is 23.6. The third kappa shape index (κ3) is 5.03. The highest BCUT2D eigenvalue weighted by atomic mass is 32.2. The quantitative estimate of drug-likeness (QED) is 0.615. The van der Waals surface area contributed by atoms with Crippen molar-refractivity contribution in [3.8, 4) is 5.69 Å². The number of amides is 1. The Morgan fingerprint density at radius 3 is 2.27 bits per heavy atom. The van der Waals surface area contributed by atoms with Crippen LogP contribution in [0.4, 0.5) is 5.69 Å². The van der Waals surface area contributed by atoms with Crippen molar-refractivity contribution >= 4 is 21.6 Å². The van der Waals surface area contributed by atoms with E-state index in [1.165, 1.54) is 45.5 Å². The summed E-state index contributed by atoms with van der Waals surface area (Å²) in [5.74, 6) is -0.684. The van der Waals surface area contributed by atoms with E-state index in [2.05, 4.69) is 10.4 Å². The van der Waals surface area contributed by atoms with Gasteiger partial charge in [0, 0.05) is 31.0 Å². The highest BCUT2D eigenvalue weighted by Crippen LogP contribution is 2.22. The summed E-state index contributed by atoms with van der Waals surface area (Å²) in [5.41, 5.74) is 0.260. The molecule has 9 nitrogen and oxygen atoms in total. The van der Waals surface area contributed by atoms with E-state index in [0.29, 0.717) is 11.4 Å². The molecule has 1 aromatic heterocycles. The number of rotatable bonds is 5. The minimum absolute atomic E-state index is 0.117. The van der Waals surface area contributed by atoms with E-state index in [1.54, 1.807) is 12.1 Å². The van der Waals surface area contributed by atoms with E-state index in [4.69, 9.17) is 4.74 Å². The van der Waals surface area contributed by atoms with Crippen molar-refractivity contribution in [3.05, 3.63) is 82.8 Å². The molecule has 0 spiro atoms. The Morgan fingerprint density at radius 1 is 1.00 bits per heavy atom. The van der Waals surface area contributed by atoms with Crippen LogP contribution in [0, 0.1) is 0 Å². The number of para-hydroxylation sites is 1. The topological polar surface area (TPSA) is 111 Å². The lowest BCUT2D eigenvalue weighted by Crippen LogP contribution is -2.48. The Hall–Kier alpha value is -3.34. The molecular weight excluding hydrogens is 444 g/mol. The van der Waals surface area contributed by atoms with Gasteiger partial charge in [0.25, 0.3) is 5.91 Å². The zero-order valence-corrected chi connectivity index (χ0v) is 19.0. The van der Waals surface area contributed by atoms with Crippen LogP contribution in [-0.2, 0) is 14.8 Å². The molecule has 0 saturated carbocycles. The first-order valence-electron chi connectivity index (χ1n) is 10.5. The molecule has 10 heteroatoms. The molecule has 0 unspecified atom stereocenters. The molecule has 4 rings (SSSR count). The number of anilines is 1. The summed E-state index contributed by atoms with van der Waals surface area (Å²) < 4.78 is 34.4. The number of aromatic nitrogens is 2. The molecular formula is C23H24N4O5S. The van der Waals surface area contributed by atoms with Crippen molar-refractivity contribution in [3.63, 3.8) is 0 Å². The molecule has 2 atom stereocenters. The van der Waals surface area contributed by atoms with Gasteiger partial charge in [0.1, 0.15) is 0 Å². The summed E-state index contributed by atoms with van der Waals surface area (Å²) in [6.45, 7) is 4.22. The molecule has 0 bridgehead atoms. The SMILES string of the molecule is C[C@@H]1CN(S(=O)(=O)c2ccc(NC(=O)c3nn(-c4ccccc4)ccc3=O)cc2)C[C@@H](C)O1. The molecule has 1 aliphatic rings. The number of benzene rings is 2. The number of morpholine rings is 1. The van der Waals surface area contributed by atoms with Gasteiger partial charge in [0.2, 0.25) is 15.5 Å². The average Bonchev–Trinajstić information content (AvgIpc) is 2.79. The van der Waals surface area contributed by atoms with Gasteiger partial charge < -0.3 is 10.1 Å². The normalized spacial score (nSPS) is 19.2. The predicted octanol–water partition coefficient (Wildman–Crippen LogP) is 2.28. The first kappa shape index (κ1) is 22.8. The first-order valence-corrected chi connectivity index (χ1v) is 11.9. The number of hydrogen-bond donors (Lipinski definition) is 1. The average molecular weight is 469 g/mol. The highest BCUT2D eigenvalue weighted by Gasteiger charge is 2.32. The fourth-order valence-corrected chi connectivity index (χ4v) is 5.26. The van der Waals surface area contributed by atoms with Gasteiger partial charge in [-0.05, 0) is 50.2 Å². The third-order valence-electron chi connectivity index (χ3n) is 5.18. The smallest absolute Gasteiger partial charge is 0.280 e. The maximum Gasteiger partial charge on any atom is 0.280 e. The van der Waals surface area contributed by atoms with Crippen LogP contribution in [0.1, 0.15) is 24.3 Å². The molecule has 0 aliphatic carbocycles. The molecule has 1 aliphatic heterocycles. The summed E-state index contributed by atoms with van der Waals surface area (Å²) in [7, 11) is -3.69. The van der Waals surface area contributed by atoms with Gasteiger partial charge >= 0.3 is 0 Å². The largest absolute Gasteiger partial charge is 0.373 e. The van der Waals surface area contributed by atoms with Gasteiger partial charge in [-0.1, -0.05) is 18.2 Å². The zero-order valence-electron chi connectivity index (χ0n) is 18.2. The molecule has 1 amide bonds. The number of carbonyl (C=O) groups is 1. The van der Waals surface area contributed by atoms with Crippen LogP contribution in [0.2, 0.25) is 0 Å². The van der Waals surface area contributed by atoms with Crippen LogP contribution < -0.4 is 10.7 Å². The molecule has 1 fully saturated rings. The highest BCUT2D eigenvalue weighted by molar-refractivity contribution is 7.89. The fraction of sp³-hybridized carbons (Fsp3) is 0.261. The summed E-state index contributed by atoms with van der Waals surface area (Å²) >= 11 is 0. The second-order valence-electron chi connectivity index (χ2n) is 7.87. The Bertz CT molecular complexity index is 1300. The van der Waals surface area contributed by atoms with Crippen molar-refractivity contribution in [1.82, 2.24) is 14.1 Å². The Morgan fingerprint density at radius 2 is 1.64 bits per heavy atom. The van der Waals surface area contributed by atoms with Crippen molar-refractivity contribution in [1.29, 1.82) is 0 Å². The van der Waals surface area contributed by atoms with E-state index >= 15 is 0 Å². The number of sulfonamides is 1.